The van der Waals surface area contributed by atoms with Crippen LogP contribution in [0.3, 0.4) is 0 Å². The predicted molar refractivity (Wildman–Crippen MR) is 150 cm³/mol. The number of halogens is 1. The summed E-state index contributed by atoms with van der Waals surface area (Å²) in [5, 5.41) is 0. The molecule has 0 radical (unpaired) electrons. The Morgan fingerprint density at radius 1 is 0.806 bits per heavy atom. The molecule has 4 aliphatic rings. The van der Waals surface area contributed by atoms with Gasteiger partial charge in [-0.3, -0.25) is 4.90 Å². The molecule has 5 nitrogen and oxygen atoms in total. The molecule has 2 saturated carbocycles. The lowest BCUT2D eigenvalue weighted by Crippen LogP contribution is -2.46. The second-order valence-corrected chi connectivity index (χ2v) is 11.6. The van der Waals surface area contributed by atoms with Crippen LogP contribution < -0.4 is 9.80 Å². The molecule has 1 aromatic carbocycles. The smallest absolute Gasteiger partial charge is 0.0947 e. The fourth-order valence-corrected chi connectivity index (χ4v) is 7.31. The summed E-state index contributed by atoms with van der Waals surface area (Å²) in [6.45, 7) is 9.17. The van der Waals surface area contributed by atoms with Gasteiger partial charge in [0.05, 0.1) is 25.7 Å². The van der Waals surface area contributed by atoms with E-state index in [1.54, 1.807) is 11.8 Å². The van der Waals surface area contributed by atoms with Crippen LogP contribution in [-0.2, 0) is 11.3 Å². The zero-order valence-corrected chi connectivity index (χ0v) is 22.7. The van der Waals surface area contributed by atoms with Crippen molar-refractivity contribution in [2.75, 3.05) is 62.3 Å². The molecule has 1 aromatic heterocycles. The van der Waals surface area contributed by atoms with Gasteiger partial charge in [-0.25, -0.2) is 0 Å². The Hall–Kier alpha value is -1.69. The topological polar surface area (TPSA) is 32.1 Å². The van der Waals surface area contributed by atoms with E-state index in [9.17, 15) is 0 Å². The molecule has 6 heteroatoms. The van der Waals surface area contributed by atoms with Crippen LogP contribution in [0.2, 0.25) is 0 Å². The molecule has 3 heterocycles. The van der Waals surface area contributed by atoms with Crippen molar-refractivity contribution < 1.29 is 9.15 Å². The average Bonchev–Trinajstić information content (AvgIpc) is 3.44. The van der Waals surface area contributed by atoms with Crippen LogP contribution in [0.25, 0.3) is 0 Å². The molecule has 0 unspecified atom stereocenters. The van der Waals surface area contributed by atoms with E-state index < -0.39 is 0 Å². The van der Waals surface area contributed by atoms with Crippen molar-refractivity contribution in [1.82, 2.24) is 4.90 Å². The Kier molecular flexibility index (Phi) is 8.49. The first kappa shape index (κ1) is 25.9. The Morgan fingerprint density at radius 2 is 1.56 bits per heavy atom. The summed E-state index contributed by atoms with van der Waals surface area (Å²) in [4.78, 5) is 7.77. The summed E-state index contributed by atoms with van der Waals surface area (Å²) in [7, 11) is 0. The summed E-state index contributed by atoms with van der Waals surface area (Å²) >= 11 is 0. The first-order valence-electron chi connectivity index (χ1n) is 14.2. The third kappa shape index (κ3) is 5.74. The lowest BCUT2D eigenvalue weighted by Gasteiger charge is -2.44. The van der Waals surface area contributed by atoms with Crippen LogP contribution >= 0.6 is 12.4 Å². The van der Waals surface area contributed by atoms with Gasteiger partial charge in [0.25, 0.3) is 0 Å². The third-order valence-corrected chi connectivity index (χ3v) is 9.49. The molecule has 1 spiro atoms. The summed E-state index contributed by atoms with van der Waals surface area (Å²) in [5.41, 5.74) is 6.50. The Labute approximate surface area is 223 Å². The molecule has 2 saturated heterocycles. The van der Waals surface area contributed by atoms with Gasteiger partial charge in [-0.1, -0.05) is 19.3 Å². The summed E-state index contributed by atoms with van der Waals surface area (Å²) in [6.07, 6.45) is 16.7. The van der Waals surface area contributed by atoms with Gasteiger partial charge >= 0.3 is 0 Å². The van der Waals surface area contributed by atoms with Gasteiger partial charge in [-0.05, 0) is 79.7 Å². The molecule has 0 bridgehead atoms. The molecule has 2 aliphatic heterocycles. The zero-order valence-electron chi connectivity index (χ0n) is 21.8. The van der Waals surface area contributed by atoms with Crippen LogP contribution in [0.5, 0.6) is 0 Å². The van der Waals surface area contributed by atoms with E-state index in [0.717, 1.165) is 59.0 Å². The minimum atomic E-state index is 0. The number of hydrogen-bond donors (Lipinski definition) is 0. The molecule has 0 atom stereocenters. The first-order valence-corrected chi connectivity index (χ1v) is 14.2. The molecule has 0 N–H and O–H groups in total. The van der Waals surface area contributed by atoms with Crippen molar-refractivity contribution >= 4 is 23.8 Å². The summed E-state index contributed by atoms with van der Waals surface area (Å²) in [6, 6.07) is 9.50. The molecular weight excluding hydrogens is 470 g/mol. The van der Waals surface area contributed by atoms with E-state index in [0.29, 0.717) is 11.3 Å². The number of furan rings is 1. The number of rotatable bonds is 5. The summed E-state index contributed by atoms with van der Waals surface area (Å²) in [5.74, 6) is 0.711. The normalized spacial score (nSPS) is 23.6. The van der Waals surface area contributed by atoms with Crippen molar-refractivity contribution in [2.45, 2.75) is 70.3 Å². The van der Waals surface area contributed by atoms with E-state index in [-0.39, 0.29) is 12.4 Å². The predicted octanol–water partition coefficient (Wildman–Crippen LogP) is 6.47. The van der Waals surface area contributed by atoms with E-state index in [2.05, 4.69) is 39.0 Å². The first-order chi connectivity index (χ1) is 17.3. The Balaban J connectivity index is 0.00000267. The maximum Gasteiger partial charge on any atom is 0.0947 e. The third-order valence-electron chi connectivity index (χ3n) is 9.49. The molecule has 4 fully saturated rings. The standard InChI is InChI=1S/C30H43N3O2.ClH/c1-2-9-30(10-3-1)11-6-26(7-12-30)28-22-27(32-17-20-34-21-18-32)4-5-29(28)33-15-13-31(14-16-33)23-25-8-19-35-24-25;/h4-5,8,19,22,24,26H,1-3,6-7,9-18,20-21,23H2;1H. The number of ether oxygens (including phenoxy) is 1. The van der Waals surface area contributed by atoms with Gasteiger partial charge in [0.15, 0.2) is 0 Å². The Bertz CT molecular complexity index is 935. The molecular formula is C30H44ClN3O2. The van der Waals surface area contributed by atoms with Gasteiger partial charge in [0, 0.05) is 62.8 Å². The lowest BCUT2D eigenvalue weighted by molar-refractivity contribution is 0.114. The molecule has 2 aliphatic carbocycles. The van der Waals surface area contributed by atoms with Crippen molar-refractivity contribution in [3.8, 4) is 0 Å². The van der Waals surface area contributed by atoms with Gasteiger partial charge in [-0.15, -0.1) is 12.4 Å². The SMILES string of the molecule is Cl.c1cc(CN2CCN(c3ccc(N4CCOCC4)cc3C3CCC4(CCCCC4)CC3)CC2)co1. The fraction of sp³-hybridized carbons (Fsp3) is 0.667. The molecule has 6 rings (SSSR count). The number of morpholine rings is 1. The van der Waals surface area contributed by atoms with E-state index >= 15 is 0 Å². The van der Waals surface area contributed by atoms with Crippen molar-refractivity contribution in [3.63, 3.8) is 0 Å². The number of nitrogens with zero attached hydrogens (tertiary/aromatic N) is 3. The van der Waals surface area contributed by atoms with Crippen LogP contribution in [0, 0.1) is 5.41 Å². The minimum absolute atomic E-state index is 0. The van der Waals surface area contributed by atoms with E-state index in [1.807, 2.05) is 6.26 Å². The van der Waals surface area contributed by atoms with Crippen LogP contribution in [0.4, 0.5) is 11.4 Å². The number of piperazine rings is 1. The van der Waals surface area contributed by atoms with Gasteiger partial charge in [-0.2, -0.15) is 0 Å². The molecule has 2 aromatic rings. The lowest BCUT2D eigenvalue weighted by atomic mass is 9.62. The highest BCUT2D eigenvalue weighted by Crippen LogP contribution is 2.52. The van der Waals surface area contributed by atoms with Crippen LogP contribution in [-0.4, -0.2) is 57.4 Å². The highest BCUT2D eigenvalue weighted by atomic mass is 35.5. The van der Waals surface area contributed by atoms with Gasteiger partial charge < -0.3 is 19.0 Å². The minimum Gasteiger partial charge on any atom is -0.472 e. The number of benzene rings is 1. The Morgan fingerprint density at radius 3 is 2.25 bits per heavy atom. The van der Waals surface area contributed by atoms with E-state index in [4.69, 9.17) is 9.15 Å². The maximum absolute atomic E-state index is 5.64. The monoisotopic (exact) mass is 513 g/mol. The summed E-state index contributed by atoms with van der Waals surface area (Å²) < 4.78 is 10.9. The molecule has 36 heavy (non-hydrogen) atoms. The van der Waals surface area contributed by atoms with Crippen LogP contribution in [0.15, 0.2) is 41.2 Å². The highest BCUT2D eigenvalue weighted by Gasteiger charge is 2.37. The van der Waals surface area contributed by atoms with E-state index in [1.165, 1.54) is 74.7 Å². The maximum atomic E-state index is 5.64. The van der Waals surface area contributed by atoms with Crippen molar-refractivity contribution in [1.29, 1.82) is 0 Å². The quantitative estimate of drug-likeness (QED) is 0.457. The molecule has 0 amide bonds. The number of hydrogen-bond acceptors (Lipinski definition) is 5. The van der Waals surface area contributed by atoms with Crippen molar-refractivity contribution in [3.05, 3.63) is 47.9 Å². The van der Waals surface area contributed by atoms with Gasteiger partial charge in [0.2, 0.25) is 0 Å². The zero-order chi connectivity index (χ0) is 23.5. The van der Waals surface area contributed by atoms with Gasteiger partial charge in [0.1, 0.15) is 0 Å². The average molecular weight is 514 g/mol. The second-order valence-electron chi connectivity index (χ2n) is 11.6. The second kappa shape index (κ2) is 11.8. The molecule has 198 valence electrons. The van der Waals surface area contributed by atoms with Crippen LogP contribution in [0.1, 0.15) is 74.8 Å². The highest BCUT2D eigenvalue weighted by molar-refractivity contribution is 5.85. The van der Waals surface area contributed by atoms with Crippen molar-refractivity contribution in [2.24, 2.45) is 5.41 Å². The number of anilines is 2. The fourth-order valence-electron chi connectivity index (χ4n) is 7.31. The largest absolute Gasteiger partial charge is 0.472 e.